The maximum Gasteiger partial charge on any atom is 0.223 e. The molecule has 2 unspecified atom stereocenters. The fraction of sp³-hybridized carbons (Fsp3) is 0.909. The SMILES string of the molecule is CC(O)C(C)SCCC(=O)N1CCNCC1. The number of nitrogens with one attached hydrogen (secondary N) is 1. The van der Waals surface area contributed by atoms with Crippen molar-refractivity contribution in [3.05, 3.63) is 0 Å². The maximum absolute atomic E-state index is 11.8. The summed E-state index contributed by atoms with van der Waals surface area (Å²) in [6.07, 6.45) is 0.279. The van der Waals surface area contributed by atoms with Crippen molar-refractivity contribution in [1.29, 1.82) is 0 Å². The van der Waals surface area contributed by atoms with Crippen LogP contribution in [0, 0.1) is 0 Å². The van der Waals surface area contributed by atoms with Gasteiger partial charge in [0.2, 0.25) is 5.91 Å². The predicted molar refractivity (Wildman–Crippen MR) is 67.7 cm³/mol. The average molecular weight is 246 g/mol. The standard InChI is InChI=1S/C11H22N2O2S/c1-9(14)10(2)16-8-3-11(15)13-6-4-12-5-7-13/h9-10,12,14H,3-8H2,1-2H3. The minimum Gasteiger partial charge on any atom is -0.392 e. The van der Waals surface area contributed by atoms with Crippen molar-refractivity contribution < 1.29 is 9.90 Å². The third-order valence-electron chi connectivity index (χ3n) is 2.85. The lowest BCUT2D eigenvalue weighted by atomic mass is 10.3. The van der Waals surface area contributed by atoms with Crippen molar-refractivity contribution in [2.75, 3.05) is 31.9 Å². The Morgan fingerprint density at radius 3 is 2.62 bits per heavy atom. The van der Waals surface area contributed by atoms with Gasteiger partial charge in [-0.25, -0.2) is 0 Å². The molecule has 0 aromatic heterocycles. The monoisotopic (exact) mass is 246 g/mol. The highest BCUT2D eigenvalue weighted by molar-refractivity contribution is 7.99. The van der Waals surface area contributed by atoms with Crippen LogP contribution < -0.4 is 5.32 Å². The highest BCUT2D eigenvalue weighted by Gasteiger charge is 2.16. The second kappa shape index (κ2) is 7.14. The lowest BCUT2D eigenvalue weighted by Gasteiger charge is -2.27. The summed E-state index contributed by atoms with van der Waals surface area (Å²) < 4.78 is 0. The van der Waals surface area contributed by atoms with E-state index in [2.05, 4.69) is 5.32 Å². The molecular weight excluding hydrogens is 224 g/mol. The van der Waals surface area contributed by atoms with Gasteiger partial charge < -0.3 is 15.3 Å². The van der Waals surface area contributed by atoms with Gasteiger partial charge >= 0.3 is 0 Å². The second-order valence-corrected chi connectivity index (χ2v) is 5.68. The van der Waals surface area contributed by atoms with Gasteiger partial charge in [0, 0.05) is 43.6 Å². The molecule has 0 bridgehead atoms. The van der Waals surface area contributed by atoms with Crippen LogP contribution in [0.4, 0.5) is 0 Å². The number of nitrogens with zero attached hydrogens (tertiary/aromatic N) is 1. The first kappa shape index (κ1) is 13.8. The van der Waals surface area contributed by atoms with Crippen molar-refractivity contribution in [3.8, 4) is 0 Å². The summed E-state index contributed by atoms with van der Waals surface area (Å²) in [4.78, 5) is 13.7. The molecule has 1 aliphatic rings. The molecule has 1 fully saturated rings. The van der Waals surface area contributed by atoms with Crippen LogP contribution >= 0.6 is 11.8 Å². The Morgan fingerprint density at radius 2 is 2.06 bits per heavy atom. The molecule has 1 rings (SSSR count). The van der Waals surface area contributed by atoms with Crippen molar-refractivity contribution in [2.24, 2.45) is 0 Å². The molecule has 0 aromatic rings. The minimum absolute atomic E-state index is 0.204. The summed E-state index contributed by atoms with van der Waals surface area (Å²) in [5.74, 6) is 1.04. The van der Waals surface area contributed by atoms with E-state index in [0.29, 0.717) is 6.42 Å². The van der Waals surface area contributed by atoms with Crippen LogP contribution in [-0.4, -0.2) is 59.2 Å². The molecule has 0 aliphatic carbocycles. The van der Waals surface area contributed by atoms with Gasteiger partial charge in [-0.2, -0.15) is 11.8 Å². The van der Waals surface area contributed by atoms with Gasteiger partial charge in [0.1, 0.15) is 0 Å². The highest BCUT2D eigenvalue weighted by Crippen LogP contribution is 2.15. The summed E-state index contributed by atoms with van der Waals surface area (Å²) in [5, 5.41) is 12.7. The van der Waals surface area contributed by atoms with Gasteiger partial charge in [-0.05, 0) is 6.92 Å². The van der Waals surface area contributed by atoms with Crippen LogP contribution in [-0.2, 0) is 4.79 Å². The highest BCUT2D eigenvalue weighted by atomic mass is 32.2. The molecule has 0 spiro atoms. The van der Waals surface area contributed by atoms with Crippen molar-refractivity contribution in [3.63, 3.8) is 0 Å². The topological polar surface area (TPSA) is 52.6 Å². The van der Waals surface area contributed by atoms with E-state index in [1.54, 1.807) is 18.7 Å². The van der Waals surface area contributed by atoms with E-state index in [0.717, 1.165) is 31.9 Å². The van der Waals surface area contributed by atoms with Gasteiger partial charge in [-0.15, -0.1) is 0 Å². The average Bonchev–Trinajstić information content (AvgIpc) is 2.29. The lowest BCUT2D eigenvalue weighted by molar-refractivity contribution is -0.131. The minimum atomic E-state index is -0.306. The number of amides is 1. The number of thioether (sulfide) groups is 1. The molecule has 1 amide bonds. The zero-order valence-electron chi connectivity index (χ0n) is 10.1. The smallest absolute Gasteiger partial charge is 0.223 e. The molecule has 0 radical (unpaired) electrons. The molecule has 16 heavy (non-hydrogen) atoms. The summed E-state index contributed by atoms with van der Waals surface area (Å²) >= 11 is 1.66. The molecule has 0 saturated carbocycles. The fourth-order valence-electron chi connectivity index (χ4n) is 1.54. The van der Waals surface area contributed by atoms with Gasteiger partial charge in [-0.1, -0.05) is 6.92 Å². The lowest BCUT2D eigenvalue weighted by Crippen LogP contribution is -2.46. The van der Waals surface area contributed by atoms with Crippen LogP contribution in [0.1, 0.15) is 20.3 Å². The Morgan fingerprint density at radius 1 is 1.44 bits per heavy atom. The van der Waals surface area contributed by atoms with Crippen LogP contribution in [0.25, 0.3) is 0 Å². The van der Waals surface area contributed by atoms with Gasteiger partial charge in [0.05, 0.1) is 6.10 Å². The summed E-state index contributed by atoms with van der Waals surface area (Å²) in [6.45, 7) is 7.25. The summed E-state index contributed by atoms with van der Waals surface area (Å²) in [7, 11) is 0. The Labute approximate surface area is 102 Å². The number of carbonyl (C=O) groups excluding carboxylic acids is 1. The molecule has 1 heterocycles. The van der Waals surface area contributed by atoms with Gasteiger partial charge in [-0.3, -0.25) is 4.79 Å². The molecule has 0 aromatic carbocycles. The zero-order valence-corrected chi connectivity index (χ0v) is 10.9. The normalized spacial score (nSPS) is 20.6. The molecule has 4 nitrogen and oxygen atoms in total. The number of carbonyl (C=O) groups is 1. The summed E-state index contributed by atoms with van der Waals surface area (Å²) in [5.41, 5.74) is 0. The number of hydrogen-bond acceptors (Lipinski definition) is 4. The molecular formula is C11H22N2O2S. The molecule has 2 atom stereocenters. The van der Waals surface area contributed by atoms with Crippen LogP contribution in [0.3, 0.4) is 0 Å². The third-order valence-corrected chi connectivity index (χ3v) is 4.21. The fourth-order valence-corrected chi connectivity index (χ4v) is 2.49. The third kappa shape index (κ3) is 4.72. The van der Waals surface area contributed by atoms with E-state index in [4.69, 9.17) is 0 Å². The van der Waals surface area contributed by atoms with Crippen molar-refractivity contribution in [1.82, 2.24) is 10.2 Å². The van der Waals surface area contributed by atoms with E-state index >= 15 is 0 Å². The number of aliphatic hydroxyl groups excluding tert-OH is 1. The first-order valence-corrected chi connectivity index (χ1v) is 6.94. The first-order valence-electron chi connectivity index (χ1n) is 5.89. The molecule has 1 saturated heterocycles. The number of aliphatic hydroxyl groups is 1. The number of hydrogen-bond donors (Lipinski definition) is 2. The summed E-state index contributed by atoms with van der Waals surface area (Å²) in [6, 6.07) is 0. The van der Waals surface area contributed by atoms with Gasteiger partial charge in [0.15, 0.2) is 0 Å². The number of rotatable bonds is 5. The second-order valence-electron chi connectivity index (χ2n) is 4.20. The molecule has 2 N–H and O–H groups in total. The Bertz CT molecular complexity index is 218. The number of piperazine rings is 1. The predicted octanol–water partition coefficient (Wildman–Crippen LogP) is 0.311. The quantitative estimate of drug-likeness (QED) is 0.733. The van der Waals surface area contributed by atoms with Crippen molar-refractivity contribution >= 4 is 17.7 Å². The van der Waals surface area contributed by atoms with E-state index in [9.17, 15) is 9.90 Å². The zero-order chi connectivity index (χ0) is 12.0. The molecule has 5 heteroatoms. The molecule has 1 aliphatic heterocycles. The Kier molecular flexibility index (Phi) is 6.16. The van der Waals surface area contributed by atoms with Gasteiger partial charge in [0.25, 0.3) is 0 Å². The Balaban J connectivity index is 2.14. The van der Waals surface area contributed by atoms with E-state index < -0.39 is 0 Å². The molecule has 94 valence electrons. The van der Waals surface area contributed by atoms with Crippen molar-refractivity contribution in [2.45, 2.75) is 31.6 Å². The van der Waals surface area contributed by atoms with Crippen LogP contribution in [0.15, 0.2) is 0 Å². The maximum atomic E-state index is 11.8. The largest absolute Gasteiger partial charge is 0.392 e. The van der Waals surface area contributed by atoms with E-state index in [1.807, 2.05) is 11.8 Å². The van der Waals surface area contributed by atoms with E-state index in [1.165, 1.54) is 0 Å². The Hall–Kier alpha value is -0.260. The van der Waals surface area contributed by atoms with Crippen LogP contribution in [0.5, 0.6) is 0 Å². The van der Waals surface area contributed by atoms with E-state index in [-0.39, 0.29) is 17.3 Å². The first-order chi connectivity index (χ1) is 7.61. The van der Waals surface area contributed by atoms with Crippen LogP contribution in [0.2, 0.25) is 0 Å².